The summed E-state index contributed by atoms with van der Waals surface area (Å²) in [4.78, 5) is 16.8. The first kappa shape index (κ1) is 20.3. The molecule has 150 valence electrons. The smallest absolute Gasteiger partial charge is 0.256 e. The Hall–Kier alpha value is -2.47. The fraction of sp³-hybridized carbons (Fsp3) is 0.455. The summed E-state index contributed by atoms with van der Waals surface area (Å²) in [7, 11) is 0. The predicted molar refractivity (Wildman–Crippen MR) is 105 cm³/mol. The summed E-state index contributed by atoms with van der Waals surface area (Å²) < 4.78 is 18.7. The number of hydrogen-bond acceptors (Lipinski definition) is 4. The van der Waals surface area contributed by atoms with Crippen molar-refractivity contribution in [1.82, 2.24) is 10.3 Å². The van der Waals surface area contributed by atoms with Crippen molar-refractivity contribution in [2.75, 3.05) is 6.54 Å². The predicted octanol–water partition coefficient (Wildman–Crippen LogP) is 4.32. The second-order valence-electron chi connectivity index (χ2n) is 7.99. The van der Waals surface area contributed by atoms with Crippen molar-refractivity contribution in [1.29, 1.82) is 0 Å². The standard InChI is InChI=1S/C22H27FN2O3/c1-22(2,27)16-7-5-15(6-8-16)14-25-20(26)19-4-3-13-24-21(19)28-18-11-9-17(23)10-12-18/h3-4,9-13,15-16,27H,5-8,14H2,1-2H3,(H,25,26). The quantitative estimate of drug-likeness (QED) is 0.776. The number of aromatic nitrogens is 1. The molecule has 1 saturated carbocycles. The first-order valence-electron chi connectivity index (χ1n) is 9.72. The molecule has 6 heteroatoms. The van der Waals surface area contributed by atoms with E-state index >= 15 is 0 Å². The molecule has 0 saturated heterocycles. The van der Waals surface area contributed by atoms with Gasteiger partial charge in [-0.2, -0.15) is 0 Å². The van der Waals surface area contributed by atoms with Crippen molar-refractivity contribution in [2.24, 2.45) is 11.8 Å². The van der Waals surface area contributed by atoms with Gasteiger partial charge >= 0.3 is 0 Å². The fourth-order valence-corrected chi connectivity index (χ4v) is 3.66. The summed E-state index contributed by atoms with van der Waals surface area (Å²) in [6.07, 6.45) is 5.46. The van der Waals surface area contributed by atoms with Gasteiger partial charge in [0.05, 0.1) is 5.60 Å². The molecule has 1 heterocycles. The summed E-state index contributed by atoms with van der Waals surface area (Å²) >= 11 is 0. The molecule has 1 aromatic heterocycles. The molecule has 2 aromatic rings. The molecule has 2 N–H and O–H groups in total. The molecule has 5 nitrogen and oxygen atoms in total. The van der Waals surface area contributed by atoms with Crippen LogP contribution in [0.3, 0.4) is 0 Å². The zero-order valence-corrected chi connectivity index (χ0v) is 16.3. The zero-order chi connectivity index (χ0) is 20.1. The highest BCUT2D eigenvalue weighted by atomic mass is 19.1. The normalized spacial score (nSPS) is 19.9. The van der Waals surface area contributed by atoms with E-state index in [-0.39, 0.29) is 17.6 Å². The molecule has 0 bridgehead atoms. The van der Waals surface area contributed by atoms with Crippen LogP contribution in [0.15, 0.2) is 42.6 Å². The monoisotopic (exact) mass is 386 g/mol. The van der Waals surface area contributed by atoms with E-state index in [1.54, 1.807) is 18.3 Å². The maximum atomic E-state index is 13.1. The molecule has 0 spiro atoms. The van der Waals surface area contributed by atoms with E-state index in [9.17, 15) is 14.3 Å². The molecule has 28 heavy (non-hydrogen) atoms. The van der Waals surface area contributed by atoms with E-state index < -0.39 is 5.60 Å². The number of pyridine rings is 1. The van der Waals surface area contributed by atoms with Crippen LogP contribution >= 0.6 is 0 Å². The lowest BCUT2D eigenvalue weighted by Crippen LogP contribution is -2.37. The van der Waals surface area contributed by atoms with Crippen LogP contribution in [0.1, 0.15) is 49.9 Å². The van der Waals surface area contributed by atoms with E-state index in [1.165, 1.54) is 24.3 Å². The Bertz CT molecular complexity index is 794. The maximum absolute atomic E-state index is 13.1. The van der Waals surface area contributed by atoms with Gasteiger partial charge in [0.1, 0.15) is 17.1 Å². The van der Waals surface area contributed by atoms with Crippen LogP contribution in [0.4, 0.5) is 4.39 Å². The van der Waals surface area contributed by atoms with Gasteiger partial charge in [-0.05, 0) is 87.8 Å². The van der Waals surface area contributed by atoms with Crippen LogP contribution < -0.4 is 10.1 Å². The first-order valence-corrected chi connectivity index (χ1v) is 9.72. The van der Waals surface area contributed by atoms with Crippen LogP contribution in [0.2, 0.25) is 0 Å². The molecule has 1 aromatic carbocycles. The number of nitrogens with one attached hydrogen (secondary N) is 1. The second kappa shape index (κ2) is 8.69. The number of hydrogen-bond donors (Lipinski definition) is 2. The lowest BCUT2D eigenvalue weighted by Gasteiger charge is -2.35. The minimum absolute atomic E-state index is 0.192. The van der Waals surface area contributed by atoms with Gasteiger partial charge in [-0.1, -0.05) is 0 Å². The van der Waals surface area contributed by atoms with E-state index in [0.717, 1.165) is 25.7 Å². The van der Waals surface area contributed by atoms with Gasteiger partial charge in [0.2, 0.25) is 5.88 Å². The van der Waals surface area contributed by atoms with Crippen LogP contribution in [0.25, 0.3) is 0 Å². The van der Waals surface area contributed by atoms with E-state index in [1.807, 2.05) is 13.8 Å². The number of amides is 1. The summed E-state index contributed by atoms with van der Waals surface area (Å²) in [6, 6.07) is 8.91. The third-order valence-electron chi connectivity index (χ3n) is 5.44. The Kier molecular flexibility index (Phi) is 6.29. The molecule has 0 unspecified atom stereocenters. The summed E-state index contributed by atoms with van der Waals surface area (Å²) in [5.74, 6) is 0.728. The van der Waals surface area contributed by atoms with E-state index in [4.69, 9.17) is 4.74 Å². The largest absolute Gasteiger partial charge is 0.438 e. The highest BCUT2D eigenvalue weighted by molar-refractivity contribution is 5.96. The average Bonchev–Trinajstić information content (AvgIpc) is 2.68. The van der Waals surface area contributed by atoms with Gasteiger partial charge in [0.25, 0.3) is 5.91 Å². The van der Waals surface area contributed by atoms with Gasteiger partial charge in [-0.15, -0.1) is 0 Å². The van der Waals surface area contributed by atoms with Crippen LogP contribution in [-0.4, -0.2) is 28.1 Å². The highest BCUT2D eigenvalue weighted by Crippen LogP contribution is 2.35. The second-order valence-corrected chi connectivity index (χ2v) is 7.99. The Balaban J connectivity index is 1.57. The number of rotatable bonds is 6. The number of carbonyl (C=O) groups excluding carboxylic acids is 1. The van der Waals surface area contributed by atoms with E-state index in [0.29, 0.717) is 29.7 Å². The van der Waals surface area contributed by atoms with Crippen LogP contribution in [0, 0.1) is 17.7 Å². The first-order chi connectivity index (χ1) is 13.3. The van der Waals surface area contributed by atoms with Crippen molar-refractivity contribution >= 4 is 5.91 Å². The Labute approximate surface area is 165 Å². The Morgan fingerprint density at radius 3 is 2.54 bits per heavy atom. The topological polar surface area (TPSA) is 71.5 Å². The Morgan fingerprint density at radius 1 is 1.21 bits per heavy atom. The molecule has 0 atom stereocenters. The number of benzene rings is 1. The minimum atomic E-state index is -0.642. The number of halogens is 1. The molecule has 1 aliphatic rings. The van der Waals surface area contributed by atoms with Gasteiger partial charge in [0.15, 0.2) is 0 Å². The summed E-state index contributed by atoms with van der Waals surface area (Å²) in [5.41, 5.74) is -0.298. The molecule has 0 radical (unpaired) electrons. The lowest BCUT2D eigenvalue weighted by atomic mass is 9.75. The lowest BCUT2D eigenvalue weighted by molar-refractivity contribution is -0.00575. The van der Waals surface area contributed by atoms with Crippen molar-refractivity contribution in [3.05, 3.63) is 54.0 Å². The van der Waals surface area contributed by atoms with Gasteiger partial charge in [-0.3, -0.25) is 4.79 Å². The number of carbonyl (C=O) groups is 1. The third kappa shape index (κ3) is 5.29. The molecular formula is C22H27FN2O3. The average molecular weight is 386 g/mol. The molecule has 3 rings (SSSR count). The zero-order valence-electron chi connectivity index (χ0n) is 16.3. The molecule has 1 aliphatic carbocycles. The van der Waals surface area contributed by atoms with Crippen molar-refractivity contribution < 1.29 is 19.0 Å². The number of ether oxygens (including phenoxy) is 1. The van der Waals surface area contributed by atoms with Gasteiger partial charge in [0, 0.05) is 12.7 Å². The van der Waals surface area contributed by atoms with E-state index in [2.05, 4.69) is 10.3 Å². The third-order valence-corrected chi connectivity index (χ3v) is 5.44. The number of aliphatic hydroxyl groups is 1. The highest BCUT2D eigenvalue weighted by Gasteiger charge is 2.31. The molecule has 1 amide bonds. The van der Waals surface area contributed by atoms with Crippen LogP contribution in [0.5, 0.6) is 11.6 Å². The molecule has 1 fully saturated rings. The van der Waals surface area contributed by atoms with Gasteiger partial charge in [-0.25, -0.2) is 9.37 Å². The summed E-state index contributed by atoms with van der Waals surface area (Å²) in [6.45, 7) is 4.32. The van der Waals surface area contributed by atoms with Crippen molar-refractivity contribution in [2.45, 2.75) is 45.1 Å². The number of nitrogens with zero attached hydrogens (tertiary/aromatic N) is 1. The fourth-order valence-electron chi connectivity index (χ4n) is 3.66. The Morgan fingerprint density at radius 2 is 1.89 bits per heavy atom. The molecular weight excluding hydrogens is 359 g/mol. The SMILES string of the molecule is CC(C)(O)C1CCC(CNC(=O)c2cccnc2Oc2ccc(F)cc2)CC1. The summed E-state index contributed by atoms with van der Waals surface area (Å²) in [5, 5.41) is 13.1. The van der Waals surface area contributed by atoms with Gasteiger partial charge < -0.3 is 15.2 Å². The van der Waals surface area contributed by atoms with Crippen LogP contribution in [-0.2, 0) is 0 Å². The molecule has 0 aliphatic heterocycles. The maximum Gasteiger partial charge on any atom is 0.256 e. The van der Waals surface area contributed by atoms with Crippen molar-refractivity contribution in [3.63, 3.8) is 0 Å². The minimum Gasteiger partial charge on any atom is -0.438 e. The van der Waals surface area contributed by atoms with Crippen molar-refractivity contribution in [3.8, 4) is 11.6 Å².